The van der Waals surface area contributed by atoms with E-state index in [-0.39, 0.29) is 12.3 Å². The molecule has 29 heavy (non-hydrogen) atoms. The van der Waals surface area contributed by atoms with Gasteiger partial charge in [-0.15, -0.1) is 11.3 Å². The zero-order valence-electron chi connectivity index (χ0n) is 16.3. The number of nitrogens with zero attached hydrogens (tertiary/aromatic N) is 3. The highest BCUT2D eigenvalue weighted by Gasteiger charge is 2.21. The number of urea groups is 1. The van der Waals surface area contributed by atoms with Gasteiger partial charge in [0.2, 0.25) is 5.91 Å². The lowest BCUT2D eigenvalue weighted by molar-refractivity contribution is -0.121. The predicted octanol–water partition coefficient (Wildman–Crippen LogP) is 1.86. The molecule has 0 radical (unpaired) electrons. The number of imidazole rings is 1. The summed E-state index contributed by atoms with van der Waals surface area (Å²) in [7, 11) is 3.42. The molecule has 0 spiro atoms. The topological polar surface area (TPSA) is 110 Å². The van der Waals surface area contributed by atoms with Crippen LogP contribution in [0.3, 0.4) is 0 Å². The number of rotatable bonds is 6. The average Bonchev–Trinajstić information content (AvgIpc) is 3.32. The zero-order chi connectivity index (χ0) is 20.8. The second-order valence-electron chi connectivity index (χ2n) is 6.29. The van der Waals surface area contributed by atoms with E-state index in [9.17, 15) is 9.59 Å². The van der Waals surface area contributed by atoms with Crippen molar-refractivity contribution in [3.63, 3.8) is 0 Å². The molecule has 3 amide bonds. The summed E-state index contributed by atoms with van der Waals surface area (Å²) in [5, 5.41) is 5.53. The molecule has 2 heterocycles. The number of benzene rings is 1. The van der Waals surface area contributed by atoms with Gasteiger partial charge in [-0.25, -0.2) is 20.2 Å². The first-order valence-electron chi connectivity index (χ1n) is 8.83. The Hall–Kier alpha value is -3.40. The van der Waals surface area contributed by atoms with Gasteiger partial charge in [-0.05, 0) is 24.6 Å². The molecule has 3 rings (SSSR count). The van der Waals surface area contributed by atoms with Crippen molar-refractivity contribution in [1.29, 1.82) is 0 Å². The molecule has 1 unspecified atom stereocenters. The highest BCUT2D eigenvalue weighted by Crippen LogP contribution is 2.24. The molecule has 152 valence electrons. The van der Waals surface area contributed by atoms with Crippen molar-refractivity contribution in [3.05, 3.63) is 64.1 Å². The highest BCUT2D eigenvalue weighted by molar-refractivity contribution is 7.09. The van der Waals surface area contributed by atoms with Gasteiger partial charge in [-0.1, -0.05) is 12.1 Å². The van der Waals surface area contributed by atoms with Gasteiger partial charge in [-0.3, -0.25) is 10.2 Å². The van der Waals surface area contributed by atoms with E-state index in [1.165, 1.54) is 11.3 Å². The summed E-state index contributed by atoms with van der Waals surface area (Å²) in [6.07, 6.45) is 3.53. The molecule has 9 nitrogen and oxygen atoms in total. The Bertz CT molecular complexity index is 999. The van der Waals surface area contributed by atoms with E-state index < -0.39 is 12.1 Å². The van der Waals surface area contributed by atoms with Crippen molar-refractivity contribution in [1.82, 2.24) is 30.7 Å². The molecule has 1 aromatic carbocycles. The van der Waals surface area contributed by atoms with E-state index in [2.05, 4.69) is 26.1 Å². The lowest BCUT2D eigenvalue weighted by Crippen LogP contribution is -2.48. The number of carbonyl (C=O) groups is 2. The number of carbonyl (C=O) groups excluding carboxylic acids is 2. The van der Waals surface area contributed by atoms with E-state index in [1.807, 2.05) is 48.2 Å². The molecule has 3 N–H and O–H groups in total. The van der Waals surface area contributed by atoms with Gasteiger partial charge < -0.3 is 14.6 Å². The smallest absolute Gasteiger partial charge is 0.334 e. The van der Waals surface area contributed by atoms with Crippen molar-refractivity contribution < 1.29 is 14.3 Å². The molecule has 0 aliphatic rings. The fraction of sp³-hybridized carbons (Fsp3) is 0.263. The van der Waals surface area contributed by atoms with Gasteiger partial charge in [0.1, 0.15) is 17.6 Å². The molecule has 0 saturated heterocycles. The quantitative estimate of drug-likeness (QED) is 0.533. The van der Waals surface area contributed by atoms with Crippen LogP contribution in [0.5, 0.6) is 5.75 Å². The third-order valence-corrected chi connectivity index (χ3v) is 4.97. The van der Waals surface area contributed by atoms with E-state index in [0.717, 1.165) is 10.6 Å². The first-order valence-corrected chi connectivity index (χ1v) is 9.71. The van der Waals surface area contributed by atoms with Crippen molar-refractivity contribution in [2.24, 2.45) is 7.05 Å². The minimum absolute atomic E-state index is 0.0866. The monoisotopic (exact) mass is 414 g/mol. The normalized spacial score (nSPS) is 11.6. The van der Waals surface area contributed by atoms with Crippen molar-refractivity contribution >= 4 is 23.3 Å². The van der Waals surface area contributed by atoms with Crippen molar-refractivity contribution in [2.75, 3.05) is 7.11 Å². The first-order chi connectivity index (χ1) is 14.0. The summed E-state index contributed by atoms with van der Waals surface area (Å²) in [5.41, 5.74) is 6.22. The highest BCUT2D eigenvalue weighted by atomic mass is 32.1. The Kier molecular flexibility index (Phi) is 6.45. The first kappa shape index (κ1) is 20.3. The third kappa shape index (κ3) is 5.32. The van der Waals surface area contributed by atoms with E-state index in [0.29, 0.717) is 17.3 Å². The lowest BCUT2D eigenvalue weighted by Gasteiger charge is -2.20. The summed E-state index contributed by atoms with van der Waals surface area (Å²) in [6, 6.07) is 6.24. The minimum atomic E-state index is -0.566. The molecular weight excluding hydrogens is 392 g/mol. The number of nitrogens with one attached hydrogen (secondary N) is 3. The summed E-state index contributed by atoms with van der Waals surface area (Å²) in [4.78, 5) is 33.0. The molecule has 0 fully saturated rings. The van der Waals surface area contributed by atoms with Gasteiger partial charge in [0.25, 0.3) is 0 Å². The maximum Gasteiger partial charge on any atom is 0.334 e. The van der Waals surface area contributed by atoms with Crippen LogP contribution in [0.15, 0.2) is 42.0 Å². The molecule has 10 heteroatoms. The largest absolute Gasteiger partial charge is 0.497 e. The Morgan fingerprint density at radius 1 is 1.31 bits per heavy atom. The van der Waals surface area contributed by atoms with Crippen LogP contribution in [0.2, 0.25) is 0 Å². The number of thiazole rings is 1. The van der Waals surface area contributed by atoms with E-state index in [1.54, 1.807) is 19.5 Å². The number of amides is 3. The summed E-state index contributed by atoms with van der Waals surface area (Å²) < 4.78 is 7.09. The summed E-state index contributed by atoms with van der Waals surface area (Å²) in [5.74, 6) is 0.939. The number of aromatic nitrogens is 3. The van der Waals surface area contributed by atoms with Gasteiger partial charge in [0.05, 0.1) is 24.2 Å². The fourth-order valence-electron chi connectivity index (χ4n) is 2.77. The number of methoxy groups -OCH3 is 1. The minimum Gasteiger partial charge on any atom is -0.497 e. The molecular formula is C19H22N6O3S. The van der Waals surface area contributed by atoms with Crippen LogP contribution >= 0.6 is 11.3 Å². The Balaban J connectivity index is 1.66. The molecule has 3 aromatic rings. The summed E-state index contributed by atoms with van der Waals surface area (Å²) in [6.45, 7) is 1.87. The van der Waals surface area contributed by atoms with Crippen LogP contribution in [0, 0.1) is 6.92 Å². The van der Waals surface area contributed by atoms with Crippen molar-refractivity contribution in [2.45, 2.75) is 19.4 Å². The van der Waals surface area contributed by atoms with Gasteiger partial charge >= 0.3 is 6.03 Å². The Morgan fingerprint density at radius 2 is 2.14 bits per heavy atom. The number of hydrazine groups is 1. The average molecular weight is 414 g/mol. The predicted molar refractivity (Wildman–Crippen MR) is 108 cm³/mol. The summed E-state index contributed by atoms with van der Waals surface area (Å²) >= 11 is 1.47. The van der Waals surface area contributed by atoms with Gasteiger partial charge in [-0.2, -0.15) is 0 Å². The number of hydrogen-bond donors (Lipinski definition) is 3. The molecule has 2 aromatic heterocycles. The standard InChI is InChI=1S/C19H22N6O3S/c1-12-21-14(11-29-12)10-16(26)23-24-19(27)22-17(18-20-7-8-25(18)2)13-5-4-6-15(9-13)28-3/h4-9,11,17H,10H2,1-3H3,(H,23,26)(H2,22,24,27). The van der Waals surface area contributed by atoms with Gasteiger partial charge in [0, 0.05) is 24.8 Å². The molecule has 0 aliphatic heterocycles. The van der Waals surface area contributed by atoms with Crippen LogP contribution in [-0.2, 0) is 18.3 Å². The molecule has 0 aliphatic carbocycles. The lowest BCUT2D eigenvalue weighted by atomic mass is 10.1. The van der Waals surface area contributed by atoms with Crippen molar-refractivity contribution in [3.8, 4) is 5.75 Å². The maximum atomic E-state index is 12.4. The van der Waals surface area contributed by atoms with Crippen LogP contribution in [-0.4, -0.2) is 33.6 Å². The van der Waals surface area contributed by atoms with Crippen LogP contribution in [0.4, 0.5) is 4.79 Å². The van der Waals surface area contributed by atoms with Crippen LogP contribution in [0.1, 0.15) is 28.1 Å². The Labute approximate surface area is 172 Å². The number of aryl methyl sites for hydroxylation is 2. The third-order valence-electron chi connectivity index (χ3n) is 4.14. The molecule has 0 saturated carbocycles. The second kappa shape index (κ2) is 9.20. The van der Waals surface area contributed by atoms with Crippen LogP contribution < -0.4 is 20.9 Å². The SMILES string of the molecule is COc1cccc(C(NC(=O)NNC(=O)Cc2csc(C)n2)c2nccn2C)c1. The zero-order valence-corrected chi connectivity index (χ0v) is 17.1. The number of hydrogen-bond acceptors (Lipinski definition) is 6. The molecule has 0 bridgehead atoms. The fourth-order valence-corrected chi connectivity index (χ4v) is 3.38. The number of ether oxygens (including phenoxy) is 1. The molecule has 1 atom stereocenters. The second-order valence-corrected chi connectivity index (χ2v) is 7.35. The van der Waals surface area contributed by atoms with E-state index in [4.69, 9.17) is 4.74 Å². The van der Waals surface area contributed by atoms with Crippen LogP contribution in [0.25, 0.3) is 0 Å². The van der Waals surface area contributed by atoms with Gasteiger partial charge in [0.15, 0.2) is 0 Å². The maximum absolute atomic E-state index is 12.4. The van der Waals surface area contributed by atoms with E-state index >= 15 is 0 Å². The Morgan fingerprint density at radius 3 is 2.79 bits per heavy atom.